The Labute approximate surface area is 158 Å². The topological polar surface area (TPSA) is 97.0 Å². The highest BCUT2D eigenvalue weighted by Crippen LogP contribution is 2.32. The van der Waals surface area contributed by atoms with E-state index >= 15 is 0 Å². The minimum atomic E-state index is -3.58. The van der Waals surface area contributed by atoms with E-state index in [1.54, 1.807) is 25.1 Å². The van der Waals surface area contributed by atoms with Crippen molar-refractivity contribution in [1.82, 2.24) is 9.62 Å². The second kappa shape index (κ2) is 7.45. The molecule has 2 aromatic carbocycles. The summed E-state index contributed by atoms with van der Waals surface area (Å²) in [6, 6.07) is 9.61. The molecule has 0 fully saturated rings. The summed E-state index contributed by atoms with van der Waals surface area (Å²) < 4.78 is 36.2. The van der Waals surface area contributed by atoms with Crippen LogP contribution in [0.15, 0.2) is 41.3 Å². The van der Waals surface area contributed by atoms with E-state index in [4.69, 9.17) is 9.47 Å². The van der Waals surface area contributed by atoms with Crippen LogP contribution in [-0.4, -0.2) is 39.6 Å². The second-order valence-corrected chi connectivity index (χ2v) is 8.41. The van der Waals surface area contributed by atoms with Crippen molar-refractivity contribution in [1.29, 1.82) is 0 Å². The fraction of sp³-hybridized carbons (Fsp3) is 0.278. The van der Waals surface area contributed by atoms with Gasteiger partial charge in [0.25, 0.3) is 0 Å². The maximum absolute atomic E-state index is 12.3. The quantitative estimate of drug-likeness (QED) is 0.815. The Balaban J connectivity index is 1.67. The van der Waals surface area contributed by atoms with E-state index in [0.717, 1.165) is 15.4 Å². The lowest BCUT2D eigenvalue weighted by Gasteiger charge is -2.15. The number of benzene rings is 2. The van der Waals surface area contributed by atoms with Gasteiger partial charge in [-0.1, -0.05) is 12.1 Å². The van der Waals surface area contributed by atoms with Crippen LogP contribution in [0, 0.1) is 6.92 Å². The SMILES string of the molecule is Cc1ccc(S(=O)(=O)N(C)C)cc1NC(=O)NCc1ccc2c(c1)OCO2. The van der Waals surface area contributed by atoms with Gasteiger partial charge in [-0.15, -0.1) is 0 Å². The number of ether oxygens (including phenoxy) is 2. The van der Waals surface area contributed by atoms with Crippen LogP contribution in [0.1, 0.15) is 11.1 Å². The zero-order chi connectivity index (χ0) is 19.6. The van der Waals surface area contributed by atoms with Gasteiger partial charge in [-0.05, 0) is 42.3 Å². The van der Waals surface area contributed by atoms with Crippen LogP contribution in [-0.2, 0) is 16.6 Å². The van der Waals surface area contributed by atoms with Gasteiger partial charge in [0.15, 0.2) is 11.5 Å². The molecule has 2 aromatic rings. The molecule has 2 N–H and O–H groups in total. The molecule has 0 spiro atoms. The smallest absolute Gasteiger partial charge is 0.319 e. The van der Waals surface area contributed by atoms with Crippen molar-refractivity contribution in [2.24, 2.45) is 0 Å². The number of nitrogens with one attached hydrogen (secondary N) is 2. The summed E-state index contributed by atoms with van der Waals surface area (Å²) in [5.41, 5.74) is 2.04. The van der Waals surface area contributed by atoms with Crippen LogP contribution in [0.5, 0.6) is 11.5 Å². The van der Waals surface area contributed by atoms with Crippen molar-refractivity contribution in [2.75, 3.05) is 26.2 Å². The number of rotatable bonds is 5. The van der Waals surface area contributed by atoms with Gasteiger partial charge in [0, 0.05) is 26.3 Å². The average Bonchev–Trinajstić information content (AvgIpc) is 3.09. The molecule has 0 saturated heterocycles. The molecule has 27 heavy (non-hydrogen) atoms. The monoisotopic (exact) mass is 391 g/mol. The summed E-state index contributed by atoms with van der Waals surface area (Å²) in [7, 11) is -0.660. The van der Waals surface area contributed by atoms with Gasteiger partial charge in [0.2, 0.25) is 16.8 Å². The molecule has 0 unspecified atom stereocenters. The second-order valence-electron chi connectivity index (χ2n) is 6.26. The van der Waals surface area contributed by atoms with Crippen molar-refractivity contribution < 1.29 is 22.7 Å². The molecule has 9 heteroatoms. The molecule has 8 nitrogen and oxygen atoms in total. The van der Waals surface area contributed by atoms with Crippen LogP contribution >= 0.6 is 0 Å². The largest absolute Gasteiger partial charge is 0.454 e. The Bertz CT molecular complexity index is 973. The van der Waals surface area contributed by atoms with Gasteiger partial charge in [-0.3, -0.25) is 0 Å². The lowest BCUT2D eigenvalue weighted by Crippen LogP contribution is -2.28. The summed E-state index contributed by atoms with van der Waals surface area (Å²) in [5, 5.41) is 5.44. The van der Waals surface area contributed by atoms with Gasteiger partial charge in [0.1, 0.15) is 0 Å². The van der Waals surface area contributed by atoms with Crippen LogP contribution < -0.4 is 20.1 Å². The molecule has 0 radical (unpaired) electrons. The molecular formula is C18H21N3O5S. The first-order valence-corrected chi connectivity index (χ1v) is 9.68. The van der Waals surface area contributed by atoms with E-state index in [-0.39, 0.29) is 18.2 Å². The lowest BCUT2D eigenvalue weighted by molar-refractivity contribution is 0.174. The van der Waals surface area contributed by atoms with Gasteiger partial charge >= 0.3 is 6.03 Å². The van der Waals surface area contributed by atoms with E-state index in [0.29, 0.717) is 17.2 Å². The molecule has 1 heterocycles. The molecule has 3 rings (SSSR count). The molecule has 144 valence electrons. The maximum Gasteiger partial charge on any atom is 0.319 e. The fourth-order valence-electron chi connectivity index (χ4n) is 2.51. The van der Waals surface area contributed by atoms with Crippen LogP contribution in [0.25, 0.3) is 0 Å². The Morgan fingerprint density at radius 1 is 1.11 bits per heavy atom. The first-order valence-electron chi connectivity index (χ1n) is 8.24. The van der Waals surface area contributed by atoms with E-state index in [9.17, 15) is 13.2 Å². The highest BCUT2D eigenvalue weighted by atomic mass is 32.2. The summed E-state index contributed by atoms with van der Waals surface area (Å²) in [5.74, 6) is 1.32. The number of urea groups is 1. The van der Waals surface area contributed by atoms with Crippen molar-refractivity contribution in [3.63, 3.8) is 0 Å². The number of carbonyl (C=O) groups is 1. The molecule has 0 atom stereocenters. The maximum atomic E-state index is 12.3. The Kier molecular flexibility index (Phi) is 5.24. The average molecular weight is 391 g/mol. The Morgan fingerprint density at radius 2 is 1.85 bits per heavy atom. The molecule has 0 bridgehead atoms. The molecule has 1 aliphatic heterocycles. The first kappa shape index (κ1) is 19.0. The minimum Gasteiger partial charge on any atom is -0.454 e. The van der Waals surface area contributed by atoms with Crippen LogP contribution in [0.4, 0.5) is 10.5 Å². The summed E-state index contributed by atoms with van der Waals surface area (Å²) in [6.45, 7) is 2.27. The van der Waals surface area contributed by atoms with Crippen molar-refractivity contribution in [3.05, 3.63) is 47.5 Å². The zero-order valence-electron chi connectivity index (χ0n) is 15.3. The molecule has 0 aromatic heterocycles. The number of aryl methyl sites for hydroxylation is 1. The fourth-order valence-corrected chi connectivity index (χ4v) is 3.44. The highest BCUT2D eigenvalue weighted by Gasteiger charge is 2.19. The number of hydrogen-bond donors (Lipinski definition) is 2. The minimum absolute atomic E-state index is 0.115. The number of hydrogen-bond acceptors (Lipinski definition) is 5. The third-order valence-corrected chi connectivity index (χ3v) is 5.94. The number of anilines is 1. The van der Waals surface area contributed by atoms with Crippen molar-refractivity contribution >= 4 is 21.7 Å². The molecule has 2 amide bonds. The predicted molar refractivity (Wildman–Crippen MR) is 100 cm³/mol. The Hall–Kier alpha value is -2.78. The van der Waals surface area contributed by atoms with E-state index in [2.05, 4.69) is 10.6 Å². The third-order valence-electron chi connectivity index (χ3n) is 4.13. The summed E-state index contributed by atoms with van der Waals surface area (Å²) in [4.78, 5) is 12.3. The number of nitrogens with zero attached hydrogens (tertiary/aromatic N) is 1. The van der Waals surface area contributed by atoms with E-state index in [1.807, 2.05) is 6.07 Å². The van der Waals surface area contributed by atoms with E-state index < -0.39 is 16.1 Å². The molecule has 1 aliphatic rings. The molecule has 0 aliphatic carbocycles. The molecule has 0 saturated carbocycles. The standard InChI is InChI=1S/C18H21N3O5S/c1-12-4-6-14(27(23,24)21(2)3)9-15(12)20-18(22)19-10-13-5-7-16-17(8-13)26-11-25-16/h4-9H,10-11H2,1-3H3,(H2,19,20,22). The van der Waals surface area contributed by atoms with Crippen LogP contribution in [0.2, 0.25) is 0 Å². The summed E-state index contributed by atoms with van der Waals surface area (Å²) in [6.07, 6.45) is 0. The summed E-state index contributed by atoms with van der Waals surface area (Å²) >= 11 is 0. The molecular weight excluding hydrogens is 370 g/mol. The zero-order valence-corrected chi connectivity index (χ0v) is 16.1. The third kappa shape index (κ3) is 4.15. The van der Waals surface area contributed by atoms with Crippen molar-refractivity contribution in [3.8, 4) is 11.5 Å². The normalized spacial score (nSPS) is 12.9. The van der Waals surface area contributed by atoms with Crippen molar-refractivity contribution in [2.45, 2.75) is 18.4 Å². The number of amides is 2. The van der Waals surface area contributed by atoms with Crippen LogP contribution in [0.3, 0.4) is 0 Å². The predicted octanol–water partition coefficient (Wildman–Crippen LogP) is 2.30. The van der Waals surface area contributed by atoms with E-state index in [1.165, 1.54) is 26.2 Å². The van der Waals surface area contributed by atoms with Gasteiger partial charge in [-0.2, -0.15) is 0 Å². The number of sulfonamides is 1. The number of fused-ring (bicyclic) bond motifs is 1. The lowest BCUT2D eigenvalue weighted by atomic mass is 10.2. The van der Waals surface area contributed by atoms with Gasteiger partial charge in [-0.25, -0.2) is 17.5 Å². The van der Waals surface area contributed by atoms with Gasteiger partial charge < -0.3 is 20.1 Å². The highest BCUT2D eigenvalue weighted by molar-refractivity contribution is 7.89. The number of carbonyl (C=O) groups excluding carboxylic acids is 1. The first-order chi connectivity index (χ1) is 12.8. The Morgan fingerprint density at radius 3 is 2.59 bits per heavy atom. The van der Waals surface area contributed by atoms with Gasteiger partial charge in [0.05, 0.1) is 4.90 Å².